The summed E-state index contributed by atoms with van der Waals surface area (Å²) < 4.78 is 0. The monoisotopic (exact) mass is 196 g/mol. The Bertz CT molecular complexity index is 267. The Labute approximate surface area is 83.6 Å². The lowest BCUT2D eigenvalue weighted by molar-refractivity contribution is -0.131. The average Bonchev–Trinajstić information content (AvgIpc) is 2.48. The zero-order chi connectivity index (χ0) is 10.2. The molecule has 2 saturated heterocycles. The van der Waals surface area contributed by atoms with Gasteiger partial charge in [-0.25, -0.2) is 0 Å². The van der Waals surface area contributed by atoms with Gasteiger partial charge in [-0.2, -0.15) is 0 Å². The van der Waals surface area contributed by atoms with Crippen LogP contribution >= 0.6 is 0 Å². The van der Waals surface area contributed by atoms with Crippen molar-refractivity contribution in [2.75, 3.05) is 19.6 Å². The van der Waals surface area contributed by atoms with Gasteiger partial charge in [0.05, 0.1) is 0 Å². The lowest BCUT2D eigenvalue weighted by Crippen LogP contribution is -2.43. The van der Waals surface area contributed by atoms with Crippen LogP contribution in [0.1, 0.15) is 26.2 Å². The highest BCUT2D eigenvalue weighted by Gasteiger charge is 2.41. The molecule has 2 amide bonds. The van der Waals surface area contributed by atoms with Crippen LogP contribution in [-0.2, 0) is 9.59 Å². The van der Waals surface area contributed by atoms with Crippen molar-refractivity contribution >= 4 is 11.8 Å². The van der Waals surface area contributed by atoms with E-state index in [2.05, 4.69) is 5.32 Å². The van der Waals surface area contributed by atoms with Gasteiger partial charge in [-0.15, -0.1) is 0 Å². The molecule has 14 heavy (non-hydrogen) atoms. The summed E-state index contributed by atoms with van der Waals surface area (Å²) in [5.41, 5.74) is 0.156. The zero-order valence-corrected chi connectivity index (χ0v) is 8.51. The van der Waals surface area contributed by atoms with Gasteiger partial charge in [0, 0.05) is 33.0 Å². The maximum absolute atomic E-state index is 11.1. The lowest BCUT2D eigenvalue weighted by atomic mass is 9.78. The number of amides is 2. The molecule has 0 aliphatic carbocycles. The van der Waals surface area contributed by atoms with Gasteiger partial charge in [-0.3, -0.25) is 9.59 Å². The number of carbonyl (C=O) groups excluding carboxylic acids is 2. The van der Waals surface area contributed by atoms with Crippen LogP contribution < -0.4 is 5.32 Å². The lowest BCUT2D eigenvalue weighted by Gasteiger charge is -2.37. The molecule has 1 spiro atoms. The second-order valence-corrected chi connectivity index (χ2v) is 4.46. The number of nitrogens with one attached hydrogen (secondary N) is 1. The molecule has 1 N–H and O–H groups in total. The Balaban J connectivity index is 1.95. The van der Waals surface area contributed by atoms with Crippen molar-refractivity contribution in [3.05, 3.63) is 0 Å². The minimum absolute atomic E-state index is 0.150. The summed E-state index contributed by atoms with van der Waals surface area (Å²) in [6.07, 6.45) is 2.58. The van der Waals surface area contributed by atoms with Crippen molar-refractivity contribution in [3.8, 4) is 0 Å². The van der Waals surface area contributed by atoms with Crippen LogP contribution in [0.4, 0.5) is 0 Å². The Morgan fingerprint density at radius 2 is 2.07 bits per heavy atom. The maximum Gasteiger partial charge on any atom is 0.220 e. The Hall–Kier alpha value is -1.06. The van der Waals surface area contributed by atoms with E-state index in [0.717, 1.165) is 32.5 Å². The largest absolute Gasteiger partial charge is 0.356 e. The Morgan fingerprint density at radius 3 is 2.50 bits per heavy atom. The van der Waals surface area contributed by atoms with Crippen LogP contribution in [0.2, 0.25) is 0 Å². The highest BCUT2D eigenvalue weighted by atomic mass is 16.2. The molecule has 2 aliphatic rings. The van der Waals surface area contributed by atoms with E-state index in [1.807, 2.05) is 4.90 Å². The van der Waals surface area contributed by atoms with E-state index in [0.29, 0.717) is 6.42 Å². The summed E-state index contributed by atoms with van der Waals surface area (Å²) in [6, 6.07) is 0. The summed E-state index contributed by atoms with van der Waals surface area (Å²) in [4.78, 5) is 24.1. The van der Waals surface area contributed by atoms with Crippen molar-refractivity contribution in [2.24, 2.45) is 5.41 Å². The summed E-state index contributed by atoms with van der Waals surface area (Å²) in [7, 11) is 0. The number of piperidine rings is 1. The van der Waals surface area contributed by atoms with E-state index in [1.165, 1.54) is 0 Å². The Morgan fingerprint density at radius 1 is 1.43 bits per heavy atom. The van der Waals surface area contributed by atoms with Crippen molar-refractivity contribution in [3.63, 3.8) is 0 Å². The normalized spacial score (nSPS) is 25.2. The van der Waals surface area contributed by atoms with E-state index in [9.17, 15) is 9.59 Å². The molecular weight excluding hydrogens is 180 g/mol. The van der Waals surface area contributed by atoms with E-state index in [-0.39, 0.29) is 17.2 Å². The van der Waals surface area contributed by atoms with Gasteiger partial charge in [0.2, 0.25) is 11.8 Å². The summed E-state index contributed by atoms with van der Waals surface area (Å²) in [5.74, 6) is 0.318. The number of carbonyl (C=O) groups is 2. The van der Waals surface area contributed by atoms with Crippen molar-refractivity contribution in [1.29, 1.82) is 0 Å². The second-order valence-electron chi connectivity index (χ2n) is 4.46. The predicted octanol–water partition coefficient (Wildman–Crippen LogP) is 0.135. The minimum atomic E-state index is 0.150. The molecule has 2 fully saturated rings. The quantitative estimate of drug-likeness (QED) is 0.599. The standard InChI is InChI=1S/C10H16N2O2/c1-8(13)12-4-2-10(3-5-12)6-9(14)11-7-10/h2-7H2,1H3,(H,11,14). The van der Waals surface area contributed by atoms with Gasteiger partial charge in [0.1, 0.15) is 0 Å². The molecule has 0 radical (unpaired) electrons. The summed E-state index contributed by atoms with van der Waals surface area (Å²) in [5, 5.41) is 2.88. The number of hydrogen-bond acceptors (Lipinski definition) is 2. The average molecular weight is 196 g/mol. The van der Waals surface area contributed by atoms with Crippen LogP contribution in [0, 0.1) is 5.41 Å². The molecule has 2 heterocycles. The van der Waals surface area contributed by atoms with Crippen LogP contribution in [0.25, 0.3) is 0 Å². The second kappa shape index (κ2) is 3.26. The molecule has 0 aromatic rings. The molecular formula is C10H16N2O2. The van der Waals surface area contributed by atoms with Crippen LogP contribution in [-0.4, -0.2) is 36.3 Å². The third kappa shape index (κ3) is 1.61. The minimum Gasteiger partial charge on any atom is -0.356 e. The van der Waals surface area contributed by atoms with Crippen molar-refractivity contribution < 1.29 is 9.59 Å². The first kappa shape index (κ1) is 9.49. The molecule has 0 bridgehead atoms. The molecule has 78 valence electrons. The van der Waals surface area contributed by atoms with Gasteiger partial charge in [0.25, 0.3) is 0 Å². The van der Waals surface area contributed by atoms with E-state index in [4.69, 9.17) is 0 Å². The first-order chi connectivity index (χ1) is 6.61. The molecule has 0 aromatic carbocycles. The first-order valence-electron chi connectivity index (χ1n) is 5.14. The third-order valence-corrected chi connectivity index (χ3v) is 3.47. The van der Waals surface area contributed by atoms with Gasteiger partial charge >= 0.3 is 0 Å². The molecule has 2 aliphatic heterocycles. The molecule has 0 saturated carbocycles. The van der Waals surface area contributed by atoms with Crippen LogP contribution in [0.3, 0.4) is 0 Å². The smallest absolute Gasteiger partial charge is 0.220 e. The maximum atomic E-state index is 11.1. The number of nitrogens with zero attached hydrogens (tertiary/aromatic N) is 1. The number of hydrogen-bond donors (Lipinski definition) is 1. The first-order valence-corrected chi connectivity index (χ1v) is 5.14. The predicted molar refractivity (Wildman–Crippen MR) is 51.5 cm³/mol. The third-order valence-electron chi connectivity index (χ3n) is 3.47. The highest BCUT2D eigenvalue weighted by molar-refractivity contribution is 5.79. The van der Waals surface area contributed by atoms with Gasteiger partial charge in [-0.05, 0) is 18.3 Å². The highest BCUT2D eigenvalue weighted by Crippen LogP contribution is 2.37. The molecule has 4 heteroatoms. The summed E-state index contributed by atoms with van der Waals surface area (Å²) >= 11 is 0. The summed E-state index contributed by atoms with van der Waals surface area (Å²) in [6.45, 7) is 4.03. The van der Waals surface area contributed by atoms with E-state index >= 15 is 0 Å². The Kier molecular flexibility index (Phi) is 2.21. The van der Waals surface area contributed by atoms with E-state index in [1.54, 1.807) is 6.92 Å². The van der Waals surface area contributed by atoms with Gasteiger partial charge in [0.15, 0.2) is 0 Å². The van der Waals surface area contributed by atoms with Gasteiger partial charge in [-0.1, -0.05) is 0 Å². The van der Waals surface area contributed by atoms with Gasteiger partial charge < -0.3 is 10.2 Å². The zero-order valence-electron chi connectivity index (χ0n) is 8.51. The molecule has 4 nitrogen and oxygen atoms in total. The number of likely N-dealkylation sites (tertiary alicyclic amines) is 1. The fourth-order valence-corrected chi connectivity index (χ4v) is 2.40. The van der Waals surface area contributed by atoms with Crippen molar-refractivity contribution in [2.45, 2.75) is 26.2 Å². The fourth-order valence-electron chi connectivity index (χ4n) is 2.40. The fraction of sp³-hybridized carbons (Fsp3) is 0.800. The SMILES string of the molecule is CC(=O)N1CCC2(CC1)CNC(=O)C2. The van der Waals surface area contributed by atoms with E-state index < -0.39 is 0 Å². The van der Waals surface area contributed by atoms with Crippen molar-refractivity contribution in [1.82, 2.24) is 10.2 Å². The van der Waals surface area contributed by atoms with Crippen LogP contribution in [0.5, 0.6) is 0 Å². The topological polar surface area (TPSA) is 49.4 Å². The molecule has 0 atom stereocenters. The number of rotatable bonds is 0. The van der Waals surface area contributed by atoms with Crippen LogP contribution in [0.15, 0.2) is 0 Å². The molecule has 0 aromatic heterocycles. The molecule has 0 unspecified atom stereocenters. The molecule has 2 rings (SSSR count).